The number of hydrogen-bond donors (Lipinski definition) is 1. The molecule has 5 nitrogen and oxygen atoms in total. The quantitative estimate of drug-likeness (QED) is 0.871. The van der Waals surface area contributed by atoms with Crippen molar-refractivity contribution < 1.29 is 18.0 Å². The van der Waals surface area contributed by atoms with Crippen LogP contribution in [0.25, 0.3) is 0 Å². The predicted octanol–water partition coefficient (Wildman–Crippen LogP) is 3.98. The standard InChI is InChI=1S/C19H16F3N4O/c1-18(2)16(24)26(17(27)25(18)11-12-5-3-4-6-12)14-8-7-13(10-23)15(9-14)19(20,21)22/h3-9,24H,11H2,1-2H3. The first-order chi connectivity index (χ1) is 12.6. The molecule has 3 rings (SSSR count). The normalized spacial score (nSPS) is 20.4. The molecule has 2 aliphatic rings. The maximum absolute atomic E-state index is 13.3. The van der Waals surface area contributed by atoms with E-state index in [2.05, 4.69) is 0 Å². The molecule has 1 aliphatic carbocycles. The van der Waals surface area contributed by atoms with Gasteiger partial charge in [-0.2, -0.15) is 18.4 Å². The maximum Gasteiger partial charge on any atom is 0.417 e. The molecule has 8 heteroatoms. The van der Waals surface area contributed by atoms with Crippen molar-refractivity contribution in [2.75, 3.05) is 11.4 Å². The molecule has 1 saturated heterocycles. The second-order valence-corrected chi connectivity index (χ2v) is 6.74. The van der Waals surface area contributed by atoms with Crippen LogP contribution in [0.3, 0.4) is 0 Å². The van der Waals surface area contributed by atoms with E-state index in [1.807, 2.05) is 25.7 Å². The number of urea groups is 1. The molecule has 0 atom stereocenters. The van der Waals surface area contributed by atoms with Crippen LogP contribution in [0.1, 0.15) is 25.0 Å². The molecule has 139 valence electrons. The molecule has 1 aliphatic heterocycles. The molecule has 1 aromatic rings. The number of carbonyl (C=O) groups is 1. The molecular weight excluding hydrogens is 357 g/mol. The Bertz CT molecular complexity index is 819. The Kier molecular flexibility index (Phi) is 4.66. The van der Waals surface area contributed by atoms with Gasteiger partial charge in [0.25, 0.3) is 0 Å². The molecule has 27 heavy (non-hydrogen) atoms. The summed E-state index contributed by atoms with van der Waals surface area (Å²) in [5.41, 5.74) is -2.75. The van der Waals surface area contributed by atoms with E-state index in [4.69, 9.17) is 10.7 Å². The largest absolute Gasteiger partial charge is 0.417 e. The van der Waals surface area contributed by atoms with Crippen LogP contribution in [-0.4, -0.2) is 28.9 Å². The molecule has 1 saturated carbocycles. The lowest BCUT2D eigenvalue weighted by Crippen LogP contribution is -2.45. The van der Waals surface area contributed by atoms with E-state index < -0.39 is 28.9 Å². The van der Waals surface area contributed by atoms with Gasteiger partial charge >= 0.3 is 12.2 Å². The first-order valence-corrected chi connectivity index (χ1v) is 8.10. The summed E-state index contributed by atoms with van der Waals surface area (Å²) >= 11 is 0. The Labute approximate surface area is 155 Å². The zero-order valence-electron chi connectivity index (χ0n) is 14.6. The number of nitrogens with zero attached hydrogens (tertiary/aromatic N) is 3. The van der Waals surface area contributed by atoms with Gasteiger partial charge in [0.1, 0.15) is 5.84 Å². The van der Waals surface area contributed by atoms with Crippen molar-refractivity contribution in [2.24, 2.45) is 0 Å². The van der Waals surface area contributed by atoms with Gasteiger partial charge in [-0.25, -0.2) is 9.69 Å². The van der Waals surface area contributed by atoms with Crippen molar-refractivity contribution in [3.63, 3.8) is 0 Å². The van der Waals surface area contributed by atoms with E-state index in [-0.39, 0.29) is 18.1 Å². The van der Waals surface area contributed by atoms with Crippen LogP contribution < -0.4 is 4.90 Å². The summed E-state index contributed by atoms with van der Waals surface area (Å²) in [6.07, 6.45) is 2.57. The molecule has 1 aromatic carbocycles. The summed E-state index contributed by atoms with van der Waals surface area (Å²) in [4.78, 5) is 15.3. The van der Waals surface area contributed by atoms with Crippen LogP contribution >= 0.6 is 0 Å². The highest BCUT2D eigenvalue weighted by Gasteiger charge is 2.50. The molecular formula is C19H16F3N4O. The third-order valence-electron chi connectivity index (χ3n) is 4.66. The van der Waals surface area contributed by atoms with E-state index in [1.165, 1.54) is 17.0 Å². The molecule has 1 N–H and O–H groups in total. The monoisotopic (exact) mass is 373 g/mol. The summed E-state index contributed by atoms with van der Waals surface area (Å²) in [5, 5.41) is 17.3. The van der Waals surface area contributed by atoms with Gasteiger partial charge in [-0.15, -0.1) is 0 Å². The van der Waals surface area contributed by atoms with Crippen LogP contribution in [0.5, 0.6) is 0 Å². The van der Waals surface area contributed by atoms with Gasteiger partial charge in [-0.1, -0.05) is 0 Å². The Morgan fingerprint density at radius 1 is 1.22 bits per heavy atom. The van der Waals surface area contributed by atoms with E-state index in [9.17, 15) is 18.0 Å². The number of halogens is 3. The van der Waals surface area contributed by atoms with Crippen molar-refractivity contribution in [3.8, 4) is 6.07 Å². The molecule has 5 radical (unpaired) electrons. The average molecular weight is 373 g/mol. The van der Waals surface area contributed by atoms with E-state index in [0.717, 1.165) is 23.0 Å². The number of amides is 2. The van der Waals surface area contributed by atoms with Gasteiger partial charge in [-0.3, -0.25) is 5.41 Å². The minimum absolute atomic E-state index is 0.0885. The van der Waals surface area contributed by atoms with Crippen molar-refractivity contribution in [1.29, 1.82) is 10.7 Å². The first-order valence-electron chi connectivity index (χ1n) is 8.10. The number of amidine groups is 1. The second-order valence-electron chi connectivity index (χ2n) is 6.74. The molecule has 2 amide bonds. The van der Waals surface area contributed by atoms with Crippen LogP contribution in [0.2, 0.25) is 0 Å². The smallest absolute Gasteiger partial charge is 0.311 e. The number of benzene rings is 1. The van der Waals surface area contributed by atoms with Crippen molar-refractivity contribution in [3.05, 3.63) is 60.9 Å². The fourth-order valence-electron chi connectivity index (χ4n) is 3.07. The number of anilines is 1. The summed E-state index contributed by atoms with van der Waals surface area (Å²) < 4.78 is 39.8. The Balaban J connectivity index is 1.98. The first kappa shape index (κ1) is 19.2. The average Bonchev–Trinajstić information content (AvgIpc) is 3.16. The number of nitrogens with one attached hydrogen (secondary N) is 1. The summed E-state index contributed by atoms with van der Waals surface area (Å²) in [7, 11) is 0. The molecule has 0 spiro atoms. The summed E-state index contributed by atoms with van der Waals surface area (Å²) in [6.45, 7) is 3.58. The molecule has 0 aromatic heterocycles. The predicted molar refractivity (Wildman–Crippen MR) is 93.0 cm³/mol. The minimum atomic E-state index is -4.74. The van der Waals surface area contributed by atoms with Gasteiger partial charge in [0.05, 0.1) is 28.4 Å². The number of nitriles is 1. The molecule has 2 fully saturated rings. The van der Waals surface area contributed by atoms with Crippen molar-refractivity contribution in [1.82, 2.24) is 4.90 Å². The Morgan fingerprint density at radius 2 is 1.85 bits per heavy atom. The molecule has 0 unspecified atom stereocenters. The van der Waals surface area contributed by atoms with Gasteiger partial charge in [0.2, 0.25) is 0 Å². The highest BCUT2D eigenvalue weighted by Crippen LogP contribution is 2.38. The van der Waals surface area contributed by atoms with Crippen LogP contribution in [-0.2, 0) is 6.18 Å². The maximum atomic E-state index is 13.3. The van der Waals surface area contributed by atoms with E-state index >= 15 is 0 Å². The Hall–Kier alpha value is -2.56. The number of hydrogen-bond acceptors (Lipinski definition) is 3. The minimum Gasteiger partial charge on any atom is -0.311 e. The van der Waals surface area contributed by atoms with Gasteiger partial charge in [-0.05, 0) is 57.7 Å². The number of carbonyl (C=O) groups excluding carboxylic acids is 1. The van der Waals surface area contributed by atoms with Gasteiger partial charge in [0.15, 0.2) is 0 Å². The number of rotatable bonds is 3. The van der Waals surface area contributed by atoms with Crippen LogP contribution in [0.15, 0.2) is 18.2 Å². The highest BCUT2D eigenvalue weighted by atomic mass is 19.4. The van der Waals surface area contributed by atoms with Crippen LogP contribution in [0, 0.1) is 48.3 Å². The van der Waals surface area contributed by atoms with E-state index in [1.54, 1.807) is 13.8 Å². The van der Waals surface area contributed by atoms with Crippen molar-refractivity contribution >= 4 is 17.6 Å². The van der Waals surface area contributed by atoms with Gasteiger partial charge in [0, 0.05) is 12.5 Å². The summed E-state index contributed by atoms with van der Waals surface area (Å²) in [5.74, 6) is 0.735. The Morgan fingerprint density at radius 3 is 2.41 bits per heavy atom. The van der Waals surface area contributed by atoms with Crippen molar-refractivity contribution in [2.45, 2.75) is 25.6 Å². The summed E-state index contributed by atoms with van der Waals surface area (Å²) in [6, 6.07) is 3.94. The lowest BCUT2D eigenvalue weighted by molar-refractivity contribution is -0.137. The molecule has 0 bridgehead atoms. The fourth-order valence-corrected chi connectivity index (χ4v) is 3.07. The third kappa shape index (κ3) is 3.27. The second kappa shape index (κ2) is 6.55. The topological polar surface area (TPSA) is 71.2 Å². The lowest BCUT2D eigenvalue weighted by atomic mass is 10.00. The fraction of sp³-hybridized carbons (Fsp3) is 0.263. The van der Waals surface area contributed by atoms with E-state index in [0.29, 0.717) is 0 Å². The van der Waals surface area contributed by atoms with Gasteiger partial charge < -0.3 is 4.90 Å². The third-order valence-corrected chi connectivity index (χ3v) is 4.66. The zero-order valence-corrected chi connectivity index (χ0v) is 14.6. The number of alkyl halides is 3. The SMILES string of the molecule is CC1(C)C(=N)N(c2ccc(C#N)c(C(F)(F)F)c2)C(=O)N1C[C]1[CH][CH][CH][CH]1. The lowest BCUT2D eigenvalue weighted by Gasteiger charge is -2.30. The van der Waals surface area contributed by atoms with Crippen LogP contribution in [0.4, 0.5) is 23.7 Å². The zero-order chi connectivity index (χ0) is 20.0. The molecule has 1 heterocycles. The highest BCUT2D eigenvalue weighted by molar-refractivity contribution is 6.24.